The predicted octanol–water partition coefficient (Wildman–Crippen LogP) is 3.03. The maximum absolute atomic E-state index is 12.8. The van der Waals surface area contributed by atoms with Crippen molar-refractivity contribution in [2.24, 2.45) is 0 Å². The van der Waals surface area contributed by atoms with Gasteiger partial charge in [0.25, 0.3) is 5.91 Å². The second-order valence-corrected chi connectivity index (χ2v) is 4.08. The van der Waals surface area contributed by atoms with Crippen molar-refractivity contribution in [3.63, 3.8) is 0 Å². The van der Waals surface area contributed by atoms with Crippen molar-refractivity contribution in [1.29, 1.82) is 0 Å². The van der Waals surface area contributed by atoms with Crippen LogP contribution in [0.15, 0.2) is 48.8 Å². The zero-order chi connectivity index (χ0) is 14.6. The highest BCUT2D eigenvalue weighted by Crippen LogP contribution is 2.31. The monoisotopic (exact) mass is 280 g/mol. The third-order valence-electron chi connectivity index (χ3n) is 2.68. The van der Waals surface area contributed by atoms with Crippen LogP contribution in [0.1, 0.15) is 21.5 Å². The molecule has 0 saturated carbocycles. The standard InChI is InChI=1S/C14H11F3N2O/c15-14(16,17)12-4-2-1-3-11(12)13(20)19-9-10-5-7-18-8-6-10/h1-8H,9H2,(H,19,20). The van der Waals surface area contributed by atoms with Crippen LogP contribution in [0.2, 0.25) is 0 Å². The van der Waals surface area contributed by atoms with Crippen LogP contribution in [-0.4, -0.2) is 10.9 Å². The fourth-order valence-corrected chi connectivity index (χ4v) is 1.71. The lowest BCUT2D eigenvalue weighted by molar-refractivity contribution is -0.137. The fraction of sp³-hybridized carbons (Fsp3) is 0.143. The van der Waals surface area contributed by atoms with E-state index < -0.39 is 17.6 Å². The largest absolute Gasteiger partial charge is 0.417 e. The summed E-state index contributed by atoms with van der Waals surface area (Å²) < 4.78 is 38.4. The Morgan fingerprint density at radius 2 is 1.75 bits per heavy atom. The van der Waals surface area contributed by atoms with E-state index in [0.717, 1.165) is 17.7 Å². The summed E-state index contributed by atoms with van der Waals surface area (Å²) in [6.07, 6.45) is -1.46. The first-order valence-electron chi connectivity index (χ1n) is 5.82. The van der Waals surface area contributed by atoms with E-state index in [2.05, 4.69) is 10.3 Å². The van der Waals surface area contributed by atoms with E-state index in [1.807, 2.05) is 0 Å². The van der Waals surface area contributed by atoms with E-state index in [-0.39, 0.29) is 12.1 Å². The van der Waals surface area contributed by atoms with Gasteiger partial charge in [-0.25, -0.2) is 0 Å². The van der Waals surface area contributed by atoms with Gasteiger partial charge in [-0.15, -0.1) is 0 Å². The smallest absolute Gasteiger partial charge is 0.348 e. The van der Waals surface area contributed by atoms with Gasteiger partial charge in [-0.2, -0.15) is 13.2 Å². The summed E-state index contributed by atoms with van der Waals surface area (Å²) in [6.45, 7) is 0.146. The molecular weight excluding hydrogens is 269 g/mol. The van der Waals surface area contributed by atoms with Gasteiger partial charge in [-0.05, 0) is 29.8 Å². The van der Waals surface area contributed by atoms with Crippen molar-refractivity contribution in [2.45, 2.75) is 12.7 Å². The van der Waals surface area contributed by atoms with Crippen LogP contribution >= 0.6 is 0 Å². The van der Waals surface area contributed by atoms with Crippen LogP contribution in [0.3, 0.4) is 0 Å². The number of hydrogen-bond donors (Lipinski definition) is 1. The number of nitrogens with one attached hydrogen (secondary N) is 1. The maximum Gasteiger partial charge on any atom is 0.417 e. The van der Waals surface area contributed by atoms with Crippen LogP contribution in [0, 0.1) is 0 Å². The molecule has 1 N–H and O–H groups in total. The number of aromatic nitrogens is 1. The van der Waals surface area contributed by atoms with E-state index in [9.17, 15) is 18.0 Å². The molecule has 0 unspecified atom stereocenters. The highest BCUT2D eigenvalue weighted by Gasteiger charge is 2.34. The molecule has 6 heteroatoms. The van der Waals surface area contributed by atoms with Gasteiger partial charge in [0, 0.05) is 18.9 Å². The number of amides is 1. The SMILES string of the molecule is O=C(NCc1ccncc1)c1ccccc1C(F)(F)F. The minimum Gasteiger partial charge on any atom is -0.348 e. The van der Waals surface area contributed by atoms with E-state index >= 15 is 0 Å². The molecule has 0 saturated heterocycles. The highest BCUT2D eigenvalue weighted by molar-refractivity contribution is 5.95. The van der Waals surface area contributed by atoms with Gasteiger partial charge in [-0.3, -0.25) is 9.78 Å². The summed E-state index contributed by atoms with van der Waals surface area (Å²) in [5.74, 6) is -0.755. The lowest BCUT2D eigenvalue weighted by atomic mass is 10.1. The number of nitrogens with zero attached hydrogens (tertiary/aromatic N) is 1. The maximum atomic E-state index is 12.8. The normalized spacial score (nSPS) is 11.2. The summed E-state index contributed by atoms with van der Waals surface area (Å²) >= 11 is 0. The summed E-state index contributed by atoms with van der Waals surface area (Å²) in [5.41, 5.74) is -0.556. The Balaban J connectivity index is 2.14. The molecule has 2 rings (SSSR count). The first-order chi connectivity index (χ1) is 9.48. The molecule has 0 radical (unpaired) electrons. The van der Waals surface area contributed by atoms with Crippen molar-refractivity contribution in [3.05, 3.63) is 65.5 Å². The number of benzene rings is 1. The molecule has 1 aromatic heterocycles. The number of halogens is 3. The van der Waals surface area contributed by atoms with Crippen molar-refractivity contribution in [3.8, 4) is 0 Å². The van der Waals surface area contributed by atoms with E-state index in [1.54, 1.807) is 24.5 Å². The number of alkyl halides is 3. The molecule has 2 aromatic rings. The molecule has 0 aliphatic rings. The molecule has 0 atom stereocenters. The van der Waals surface area contributed by atoms with Crippen LogP contribution in [0.5, 0.6) is 0 Å². The first kappa shape index (κ1) is 14.0. The Kier molecular flexibility index (Phi) is 4.02. The topological polar surface area (TPSA) is 42.0 Å². The molecular formula is C14H11F3N2O. The van der Waals surface area contributed by atoms with Crippen LogP contribution in [-0.2, 0) is 12.7 Å². The average molecular weight is 280 g/mol. The van der Waals surface area contributed by atoms with Crippen molar-refractivity contribution < 1.29 is 18.0 Å². The summed E-state index contributed by atoms with van der Waals surface area (Å²) in [4.78, 5) is 15.7. The zero-order valence-electron chi connectivity index (χ0n) is 10.3. The Bertz CT molecular complexity index is 597. The number of rotatable bonds is 3. The molecule has 3 nitrogen and oxygen atoms in total. The van der Waals surface area contributed by atoms with Gasteiger partial charge in [0.15, 0.2) is 0 Å². The summed E-state index contributed by atoms with van der Waals surface area (Å²) in [5, 5.41) is 2.46. The third kappa shape index (κ3) is 3.34. The molecule has 1 heterocycles. The van der Waals surface area contributed by atoms with E-state index in [1.165, 1.54) is 12.1 Å². The molecule has 1 amide bonds. The number of pyridine rings is 1. The Labute approximate surface area is 113 Å². The number of carbonyl (C=O) groups excluding carboxylic acids is 1. The fourth-order valence-electron chi connectivity index (χ4n) is 1.71. The number of carbonyl (C=O) groups is 1. The van der Waals surface area contributed by atoms with E-state index in [0.29, 0.717) is 0 Å². The van der Waals surface area contributed by atoms with Gasteiger partial charge < -0.3 is 5.32 Å². The molecule has 0 aliphatic carbocycles. The lowest BCUT2D eigenvalue weighted by Gasteiger charge is -2.12. The van der Waals surface area contributed by atoms with Crippen LogP contribution in [0.25, 0.3) is 0 Å². The second kappa shape index (κ2) is 5.73. The zero-order valence-corrected chi connectivity index (χ0v) is 10.3. The Morgan fingerprint density at radius 3 is 2.40 bits per heavy atom. The molecule has 0 aliphatic heterocycles. The van der Waals surface area contributed by atoms with Crippen molar-refractivity contribution in [2.75, 3.05) is 0 Å². The predicted molar refractivity (Wildman–Crippen MR) is 66.9 cm³/mol. The Morgan fingerprint density at radius 1 is 1.10 bits per heavy atom. The van der Waals surface area contributed by atoms with Gasteiger partial charge in [0.2, 0.25) is 0 Å². The molecule has 0 spiro atoms. The van der Waals surface area contributed by atoms with Crippen LogP contribution in [0.4, 0.5) is 13.2 Å². The molecule has 104 valence electrons. The van der Waals surface area contributed by atoms with Gasteiger partial charge >= 0.3 is 6.18 Å². The molecule has 20 heavy (non-hydrogen) atoms. The van der Waals surface area contributed by atoms with Gasteiger partial charge in [0.1, 0.15) is 0 Å². The quantitative estimate of drug-likeness (QED) is 0.939. The summed E-state index contributed by atoms with van der Waals surface area (Å²) in [7, 11) is 0. The van der Waals surface area contributed by atoms with Gasteiger partial charge in [0.05, 0.1) is 11.1 Å². The van der Waals surface area contributed by atoms with E-state index in [4.69, 9.17) is 0 Å². The minimum absolute atomic E-state index is 0.146. The van der Waals surface area contributed by atoms with Crippen LogP contribution < -0.4 is 5.32 Å². The van der Waals surface area contributed by atoms with Crippen molar-refractivity contribution >= 4 is 5.91 Å². The van der Waals surface area contributed by atoms with Crippen molar-refractivity contribution in [1.82, 2.24) is 10.3 Å². The average Bonchev–Trinajstić information content (AvgIpc) is 2.45. The van der Waals surface area contributed by atoms with Gasteiger partial charge in [-0.1, -0.05) is 12.1 Å². The number of hydrogen-bond acceptors (Lipinski definition) is 2. The first-order valence-corrected chi connectivity index (χ1v) is 5.82. The molecule has 0 fully saturated rings. The molecule has 1 aromatic carbocycles. The molecule has 0 bridgehead atoms. The Hall–Kier alpha value is -2.37. The summed E-state index contributed by atoms with van der Waals surface area (Å²) in [6, 6.07) is 8.05. The third-order valence-corrected chi connectivity index (χ3v) is 2.68. The highest BCUT2D eigenvalue weighted by atomic mass is 19.4. The second-order valence-electron chi connectivity index (χ2n) is 4.08. The minimum atomic E-state index is -4.55. The lowest BCUT2D eigenvalue weighted by Crippen LogP contribution is -2.25.